The van der Waals surface area contributed by atoms with Crippen LogP contribution in [-0.4, -0.2) is 44.1 Å². The predicted octanol–water partition coefficient (Wildman–Crippen LogP) is 1.81. The van der Waals surface area contributed by atoms with Crippen molar-refractivity contribution in [2.45, 2.75) is 45.6 Å². The Morgan fingerprint density at radius 2 is 1.78 bits per heavy atom. The molecule has 6 nitrogen and oxygen atoms in total. The zero-order chi connectivity index (χ0) is 17.0. The Morgan fingerprint density at radius 3 is 2.30 bits per heavy atom. The van der Waals surface area contributed by atoms with Gasteiger partial charge in [0.25, 0.3) is 0 Å². The summed E-state index contributed by atoms with van der Waals surface area (Å²) >= 11 is 0. The second-order valence-electron chi connectivity index (χ2n) is 5.82. The maximum atomic E-state index is 12.9. The molecule has 0 N–H and O–H groups in total. The Balaban J connectivity index is 2.54. The van der Waals surface area contributed by atoms with Crippen LogP contribution in [0.25, 0.3) is 0 Å². The van der Waals surface area contributed by atoms with E-state index >= 15 is 0 Å². The smallest absolute Gasteiger partial charge is 0.328 e. The molecule has 2 rings (SSSR count). The van der Waals surface area contributed by atoms with Crippen LogP contribution < -0.4 is 0 Å². The van der Waals surface area contributed by atoms with Crippen molar-refractivity contribution >= 4 is 17.7 Å². The van der Waals surface area contributed by atoms with Crippen LogP contribution in [0.1, 0.15) is 39.5 Å². The Bertz CT molecular complexity index is 503. The van der Waals surface area contributed by atoms with Crippen LogP contribution in [0.5, 0.6) is 0 Å². The summed E-state index contributed by atoms with van der Waals surface area (Å²) in [4.78, 5) is 38.2. The lowest BCUT2D eigenvalue weighted by Crippen LogP contribution is -2.46. The Kier molecular flexibility index (Phi) is 5.57. The fourth-order valence-electron chi connectivity index (χ4n) is 3.57. The topological polar surface area (TPSA) is 78.9 Å². The zero-order valence-electron chi connectivity index (χ0n) is 13.9. The number of ether oxygens (including phenoxy) is 3. The van der Waals surface area contributed by atoms with Crippen molar-refractivity contribution in [1.29, 1.82) is 0 Å². The number of carbonyl (C=O) groups is 3. The van der Waals surface area contributed by atoms with Crippen molar-refractivity contribution in [2.24, 2.45) is 11.3 Å². The molecular formula is C17H24O6. The van der Waals surface area contributed by atoms with Gasteiger partial charge in [-0.05, 0) is 39.5 Å². The van der Waals surface area contributed by atoms with E-state index in [9.17, 15) is 14.4 Å². The monoisotopic (exact) mass is 324 g/mol. The van der Waals surface area contributed by atoms with Gasteiger partial charge in [-0.3, -0.25) is 14.4 Å². The second kappa shape index (κ2) is 7.25. The molecule has 1 saturated carbocycles. The summed E-state index contributed by atoms with van der Waals surface area (Å²) < 4.78 is 15.7. The molecule has 0 unspecified atom stereocenters. The minimum absolute atomic E-state index is 0.137. The van der Waals surface area contributed by atoms with E-state index in [0.29, 0.717) is 19.3 Å². The number of methoxy groups -OCH3 is 1. The molecule has 2 aliphatic carbocycles. The average Bonchev–Trinajstić information content (AvgIpc) is 2.59. The van der Waals surface area contributed by atoms with Gasteiger partial charge in [0, 0.05) is 18.6 Å². The zero-order valence-corrected chi connectivity index (χ0v) is 13.9. The number of fused-ring (bicyclic) bond motifs is 2. The molecule has 0 aliphatic heterocycles. The molecule has 0 aromatic rings. The highest BCUT2D eigenvalue weighted by atomic mass is 16.6. The van der Waals surface area contributed by atoms with E-state index in [1.54, 1.807) is 27.0 Å². The van der Waals surface area contributed by atoms with E-state index in [4.69, 9.17) is 14.2 Å². The molecular weight excluding hydrogens is 300 g/mol. The van der Waals surface area contributed by atoms with Crippen LogP contribution in [0.4, 0.5) is 0 Å². The van der Waals surface area contributed by atoms with Gasteiger partial charge in [-0.25, -0.2) is 0 Å². The van der Waals surface area contributed by atoms with Crippen LogP contribution in [0.15, 0.2) is 11.6 Å². The number of carbonyl (C=O) groups excluding carboxylic acids is 3. The normalized spacial score (nSPS) is 26.0. The van der Waals surface area contributed by atoms with Gasteiger partial charge in [0.15, 0.2) is 11.2 Å². The van der Waals surface area contributed by atoms with Crippen molar-refractivity contribution in [1.82, 2.24) is 0 Å². The van der Waals surface area contributed by atoms with Crippen LogP contribution >= 0.6 is 0 Å². The molecule has 0 amide bonds. The quantitative estimate of drug-likeness (QED) is 0.567. The highest BCUT2D eigenvalue weighted by molar-refractivity contribution is 6.15. The number of rotatable bonds is 5. The van der Waals surface area contributed by atoms with Gasteiger partial charge < -0.3 is 14.2 Å². The SMILES string of the molecule is CCOC(=O)C1(C(=O)OCC)CC[C@H](OC)[C@@H]2CCC=C1C2=O. The van der Waals surface area contributed by atoms with E-state index in [2.05, 4.69) is 0 Å². The number of allylic oxidation sites excluding steroid dienone is 1. The molecule has 1 fully saturated rings. The van der Waals surface area contributed by atoms with E-state index in [-0.39, 0.29) is 43.0 Å². The molecule has 0 aromatic carbocycles. The molecule has 2 bridgehead atoms. The largest absolute Gasteiger partial charge is 0.465 e. The number of esters is 2. The molecule has 0 saturated heterocycles. The summed E-state index contributed by atoms with van der Waals surface area (Å²) in [6.45, 7) is 3.62. The number of hydrogen-bond donors (Lipinski definition) is 0. The average molecular weight is 324 g/mol. The Morgan fingerprint density at radius 1 is 1.17 bits per heavy atom. The maximum absolute atomic E-state index is 12.9. The Hall–Kier alpha value is -1.69. The molecule has 0 heterocycles. The first-order chi connectivity index (χ1) is 11.0. The van der Waals surface area contributed by atoms with Crippen molar-refractivity contribution in [3.05, 3.63) is 11.6 Å². The number of ketones is 1. The summed E-state index contributed by atoms with van der Waals surface area (Å²) in [5.41, 5.74) is -1.43. The second-order valence-corrected chi connectivity index (χ2v) is 5.82. The molecule has 6 heteroatoms. The van der Waals surface area contributed by atoms with Crippen molar-refractivity contribution in [3.8, 4) is 0 Å². The molecule has 2 aliphatic rings. The summed E-state index contributed by atoms with van der Waals surface area (Å²) in [7, 11) is 1.55. The highest BCUT2D eigenvalue weighted by Gasteiger charge is 2.58. The van der Waals surface area contributed by atoms with Gasteiger partial charge in [0.1, 0.15) is 0 Å². The van der Waals surface area contributed by atoms with E-state index < -0.39 is 17.4 Å². The Labute approximate surface area is 136 Å². The first kappa shape index (κ1) is 17.7. The minimum Gasteiger partial charge on any atom is -0.465 e. The van der Waals surface area contributed by atoms with Crippen LogP contribution in [0, 0.1) is 11.3 Å². The van der Waals surface area contributed by atoms with Crippen LogP contribution in [0.2, 0.25) is 0 Å². The molecule has 23 heavy (non-hydrogen) atoms. The fraction of sp³-hybridized carbons (Fsp3) is 0.706. The van der Waals surface area contributed by atoms with Crippen LogP contribution in [0.3, 0.4) is 0 Å². The maximum Gasteiger partial charge on any atom is 0.328 e. The summed E-state index contributed by atoms with van der Waals surface area (Å²) in [5.74, 6) is -1.90. The van der Waals surface area contributed by atoms with Crippen molar-refractivity contribution < 1.29 is 28.6 Å². The van der Waals surface area contributed by atoms with Crippen molar-refractivity contribution in [2.75, 3.05) is 20.3 Å². The lowest BCUT2D eigenvalue weighted by Gasteiger charge is -2.31. The lowest BCUT2D eigenvalue weighted by atomic mass is 9.72. The number of hydrogen-bond acceptors (Lipinski definition) is 6. The molecule has 0 spiro atoms. The molecule has 128 valence electrons. The fourth-order valence-corrected chi connectivity index (χ4v) is 3.57. The third-order valence-electron chi connectivity index (χ3n) is 4.69. The van der Waals surface area contributed by atoms with E-state index in [1.807, 2.05) is 0 Å². The third kappa shape index (κ3) is 2.92. The van der Waals surface area contributed by atoms with Gasteiger partial charge in [0.2, 0.25) is 0 Å². The highest BCUT2D eigenvalue weighted by Crippen LogP contribution is 2.46. The molecule has 0 radical (unpaired) electrons. The summed E-state index contributed by atoms with van der Waals surface area (Å²) in [6.07, 6.45) is 3.30. The first-order valence-corrected chi connectivity index (χ1v) is 8.15. The lowest BCUT2D eigenvalue weighted by molar-refractivity contribution is -0.170. The van der Waals surface area contributed by atoms with Gasteiger partial charge in [-0.15, -0.1) is 0 Å². The first-order valence-electron chi connectivity index (χ1n) is 8.15. The van der Waals surface area contributed by atoms with Gasteiger partial charge in [-0.2, -0.15) is 0 Å². The van der Waals surface area contributed by atoms with Gasteiger partial charge >= 0.3 is 11.9 Å². The molecule has 0 aromatic heterocycles. The van der Waals surface area contributed by atoms with Crippen molar-refractivity contribution in [3.63, 3.8) is 0 Å². The van der Waals surface area contributed by atoms with Gasteiger partial charge in [-0.1, -0.05) is 6.08 Å². The number of Topliss-reactive ketones (excluding diaryl/α,β-unsaturated/α-hetero) is 1. The third-order valence-corrected chi connectivity index (χ3v) is 4.69. The predicted molar refractivity (Wildman–Crippen MR) is 81.5 cm³/mol. The molecule has 2 atom stereocenters. The summed E-state index contributed by atoms with van der Waals surface area (Å²) in [6, 6.07) is 0. The van der Waals surface area contributed by atoms with Crippen LogP contribution in [-0.2, 0) is 28.6 Å². The minimum atomic E-state index is -1.66. The van der Waals surface area contributed by atoms with Gasteiger partial charge in [0.05, 0.1) is 19.3 Å². The van der Waals surface area contributed by atoms with E-state index in [0.717, 1.165) is 0 Å². The summed E-state index contributed by atoms with van der Waals surface area (Å²) in [5, 5.41) is 0. The van der Waals surface area contributed by atoms with E-state index in [1.165, 1.54) is 0 Å². The standard InChI is InChI=1S/C17H24O6/c1-4-22-15(19)17(16(20)23-5-2)10-9-13(21-3)11-7-6-8-12(17)14(11)18/h8,11,13H,4-7,9-10H2,1-3H3/t11-,13-/m0/s1.